The zero-order valence-electron chi connectivity index (χ0n) is 11.9. The van der Waals surface area contributed by atoms with Crippen LogP contribution in [0.25, 0.3) is 6.08 Å². The first-order valence-electron chi connectivity index (χ1n) is 6.50. The number of hydrogen-bond acceptors (Lipinski definition) is 2. The molecule has 0 radical (unpaired) electrons. The zero-order chi connectivity index (χ0) is 14.6. The number of rotatable bonds is 4. The van der Waals surface area contributed by atoms with Crippen LogP contribution in [-0.2, 0) is 0 Å². The van der Waals surface area contributed by atoms with Crippen LogP contribution >= 0.6 is 0 Å². The number of benzene rings is 1. The Labute approximate surface area is 125 Å². The van der Waals surface area contributed by atoms with E-state index in [4.69, 9.17) is 4.74 Å². The standard InChI is InChI=1S/C17H18O2Se/c1-17(2,3)19-15-11-12-20-16(15)10-9-14(18)13-7-5-4-6-8-13/h4-12H,1-3H3. The summed E-state index contributed by atoms with van der Waals surface area (Å²) in [6, 6.07) is 11.3. The summed E-state index contributed by atoms with van der Waals surface area (Å²) >= 11 is 0.244. The van der Waals surface area contributed by atoms with Gasteiger partial charge in [0.05, 0.1) is 0 Å². The van der Waals surface area contributed by atoms with Gasteiger partial charge in [-0.05, 0) is 0 Å². The number of carbonyl (C=O) groups is 1. The Morgan fingerprint density at radius 1 is 1.15 bits per heavy atom. The molecule has 0 fully saturated rings. The second-order valence-electron chi connectivity index (χ2n) is 5.43. The SMILES string of the molecule is CC(C)(C)Oc1cc[se]c1C=CC(=O)c1ccccc1. The Kier molecular flexibility index (Phi) is 4.64. The summed E-state index contributed by atoms with van der Waals surface area (Å²) in [5.74, 6) is 0.908. The van der Waals surface area contributed by atoms with Crippen molar-refractivity contribution in [3.8, 4) is 5.75 Å². The molecular weight excluding hydrogens is 315 g/mol. The molecule has 0 aliphatic rings. The van der Waals surface area contributed by atoms with E-state index >= 15 is 0 Å². The van der Waals surface area contributed by atoms with Crippen LogP contribution in [0.3, 0.4) is 0 Å². The van der Waals surface area contributed by atoms with Gasteiger partial charge in [-0.25, -0.2) is 0 Å². The van der Waals surface area contributed by atoms with Gasteiger partial charge in [0.2, 0.25) is 0 Å². The van der Waals surface area contributed by atoms with E-state index in [1.165, 1.54) is 0 Å². The molecule has 0 aliphatic carbocycles. The minimum atomic E-state index is -0.220. The van der Waals surface area contributed by atoms with E-state index in [0.717, 1.165) is 10.2 Å². The quantitative estimate of drug-likeness (QED) is 0.483. The molecular formula is C17H18O2Se. The molecule has 1 aromatic carbocycles. The van der Waals surface area contributed by atoms with Crippen molar-refractivity contribution in [3.63, 3.8) is 0 Å². The van der Waals surface area contributed by atoms with Crippen LogP contribution in [0, 0.1) is 0 Å². The molecule has 0 unspecified atom stereocenters. The molecule has 0 N–H and O–H groups in total. The average molecular weight is 333 g/mol. The van der Waals surface area contributed by atoms with Gasteiger partial charge in [-0.15, -0.1) is 0 Å². The molecule has 0 aliphatic heterocycles. The zero-order valence-corrected chi connectivity index (χ0v) is 13.6. The van der Waals surface area contributed by atoms with Gasteiger partial charge < -0.3 is 0 Å². The second-order valence-corrected chi connectivity index (χ2v) is 7.42. The van der Waals surface area contributed by atoms with Gasteiger partial charge >= 0.3 is 125 Å². The molecule has 2 aromatic rings. The van der Waals surface area contributed by atoms with E-state index in [9.17, 15) is 4.79 Å². The fourth-order valence-corrected chi connectivity index (χ4v) is 3.19. The monoisotopic (exact) mass is 334 g/mol. The third-order valence-electron chi connectivity index (χ3n) is 2.52. The molecule has 2 rings (SSSR count). The van der Waals surface area contributed by atoms with E-state index in [1.807, 2.05) is 63.2 Å². The van der Waals surface area contributed by atoms with E-state index in [2.05, 4.69) is 4.94 Å². The molecule has 0 spiro atoms. The third kappa shape index (κ3) is 4.22. The molecule has 0 saturated carbocycles. The van der Waals surface area contributed by atoms with Crippen molar-refractivity contribution >= 4 is 26.4 Å². The maximum absolute atomic E-state index is 12.0. The summed E-state index contributed by atoms with van der Waals surface area (Å²) in [5, 5.41) is 0. The fraction of sp³-hybridized carbons (Fsp3) is 0.235. The van der Waals surface area contributed by atoms with Gasteiger partial charge in [0.1, 0.15) is 0 Å². The first kappa shape index (κ1) is 14.8. The summed E-state index contributed by atoms with van der Waals surface area (Å²) in [7, 11) is 0. The molecule has 0 atom stereocenters. The molecule has 1 heterocycles. The van der Waals surface area contributed by atoms with Crippen molar-refractivity contribution in [2.75, 3.05) is 0 Å². The van der Waals surface area contributed by atoms with Crippen molar-refractivity contribution in [1.82, 2.24) is 0 Å². The molecule has 3 heteroatoms. The molecule has 1 aromatic heterocycles. The average Bonchev–Trinajstić information content (AvgIpc) is 2.82. The van der Waals surface area contributed by atoms with Crippen molar-refractivity contribution < 1.29 is 9.53 Å². The van der Waals surface area contributed by atoms with E-state index in [0.29, 0.717) is 5.56 Å². The minimum absolute atomic E-state index is 0.0240. The molecule has 0 bridgehead atoms. The Morgan fingerprint density at radius 2 is 1.85 bits per heavy atom. The number of ketones is 1. The van der Waals surface area contributed by atoms with E-state index in [-0.39, 0.29) is 25.9 Å². The van der Waals surface area contributed by atoms with Gasteiger partial charge in [-0.2, -0.15) is 0 Å². The fourth-order valence-electron chi connectivity index (χ4n) is 1.69. The predicted molar refractivity (Wildman–Crippen MR) is 83.6 cm³/mol. The van der Waals surface area contributed by atoms with Gasteiger partial charge in [0.25, 0.3) is 0 Å². The molecule has 2 nitrogen and oxygen atoms in total. The van der Waals surface area contributed by atoms with E-state index < -0.39 is 0 Å². The molecule has 20 heavy (non-hydrogen) atoms. The second kappa shape index (κ2) is 6.25. The molecule has 104 valence electrons. The number of hydrogen-bond donors (Lipinski definition) is 0. The number of ether oxygens (including phenoxy) is 1. The van der Waals surface area contributed by atoms with Crippen LogP contribution in [0.1, 0.15) is 35.6 Å². The van der Waals surface area contributed by atoms with Crippen LogP contribution in [0.15, 0.2) is 47.4 Å². The Balaban J connectivity index is 2.13. The number of allylic oxidation sites excluding steroid dienone is 1. The third-order valence-corrected chi connectivity index (χ3v) is 4.33. The van der Waals surface area contributed by atoms with Gasteiger partial charge in [-0.1, -0.05) is 0 Å². The Morgan fingerprint density at radius 3 is 2.50 bits per heavy atom. The number of carbonyl (C=O) groups excluding carboxylic acids is 1. The van der Waals surface area contributed by atoms with Crippen LogP contribution < -0.4 is 4.74 Å². The molecule has 0 amide bonds. The van der Waals surface area contributed by atoms with Crippen LogP contribution in [-0.4, -0.2) is 25.9 Å². The first-order chi connectivity index (χ1) is 9.46. The Hall–Kier alpha value is -1.57. The summed E-state index contributed by atoms with van der Waals surface area (Å²) in [5.41, 5.74) is 0.490. The first-order valence-corrected chi connectivity index (χ1v) is 8.34. The summed E-state index contributed by atoms with van der Waals surface area (Å²) in [4.78, 5) is 14.1. The van der Waals surface area contributed by atoms with Gasteiger partial charge in [0, 0.05) is 0 Å². The maximum atomic E-state index is 12.0. The van der Waals surface area contributed by atoms with Gasteiger partial charge in [-0.3, -0.25) is 0 Å². The predicted octanol–water partition coefficient (Wildman–Crippen LogP) is 3.82. The van der Waals surface area contributed by atoms with Crippen molar-refractivity contribution in [2.24, 2.45) is 0 Å². The van der Waals surface area contributed by atoms with Gasteiger partial charge in [0.15, 0.2) is 0 Å². The van der Waals surface area contributed by atoms with Crippen LogP contribution in [0.2, 0.25) is 0 Å². The normalized spacial score (nSPS) is 11.8. The Bertz CT molecular complexity index is 603. The van der Waals surface area contributed by atoms with Crippen molar-refractivity contribution in [2.45, 2.75) is 26.4 Å². The van der Waals surface area contributed by atoms with Crippen LogP contribution in [0.5, 0.6) is 5.75 Å². The topological polar surface area (TPSA) is 26.3 Å². The summed E-state index contributed by atoms with van der Waals surface area (Å²) in [6.45, 7) is 6.07. The summed E-state index contributed by atoms with van der Waals surface area (Å²) in [6.07, 6.45) is 3.52. The van der Waals surface area contributed by atoms with E-state index in [1.54, 1.807) is 6.08 Å². The summed E-state index contributed by atoms with van der Waals surface area (Å²) < 4.78 is 7.00. The molecule has 0 saturated heterocycles. The van der Waals surface area contributed by atoms with Crippen molar-refractivity contribution in [3.05, 3.63) is 57.4 Å². The van der Waals surface area contributed by atoms with Crippen LogP contribution in [0.4, 0.5) is 0 Å². The van der Waals surface area contributed by atoms with Crippen molar-refractivity contribution in [1.29, 1.82) is 0 Å².